The van der Waals surface area contributed by atoms with Crippen LogP contribution in [0.2, 0.25) is 0 Å². The largest absolute Gasteiger partial charge is 0.394 e. The fourth-order valence-electron chi connectivity index (χ4n) is 0.703. The smallest absolute Gasteiger partial charge is 0.0897 e. The SMILES string of the molecule is Cc1ncc(C(C)(N)CO)s1. The van der Waals surface area contributed by atoms with Gasteiger partial charge >= 0.3 is 0 Å². The summed E-state index contributed by atoms with van der Waals surface area (Å²) in [5, 5.41) is 9.89. The molecule has 0 aliphatic carbocycles. The van der Waals surface area contributed by atoms with Crippen molar-refractivity contribution in [2.75, 3.05) is 6.61 Å². The van der Waals surface area contributed by atoms with Crippen LogP contribution in [0.15, 0.2) is 6.20 Å². The van der Waals surface area contributed by atoms with Gasteiger partial charge in [0.1, 0.15) is 0 Å². The van der Waals surface area contributed by atoms with Gasteiger partial charge in [0.25, 0.3) is 0 Å². The Labute approximate surface area is 69.9 Å². The van der Waals surface area contributed by atoms with Crippen molar-refractivity contribution < 1.29 is 5.11 Å². The van der Waals surface area contributed by atoms with Crippen molar-refractivity contribution in [1.82, 2.24) is 4.98 Å². The number of thiazole rings is 1. The van der Waals surface area contributed by atoms with E-state index in [2.05, 4.69) is 4.98 Å². The molecular weight excluding hydrogens is 160 g/mol. The molecule has 11 heavy (non-hydrogen) atoms. The Balaban J connectivity index is 2.92. The molecule has 3 N–H and O–H groups in total. The minimum Gasteiger partial charge on any atom is -0.394 e. The van der Waals surface area contributed by atoms with E-state index in [-0.39, 0.29) is 6.61 Å². The number of nitrogens with two attached hydrogens (primary N) is 1. The number of hydrogen-bond donors (Lipinski definition) is 2. The molecule has 0 aromatic carbocycles. The Bertz CT molecular complexity index is 244. The first-order chi connectivity index (χ1) is 5.06. The van der Waals surface area contributed by atoms with Gasteiger partial charge in [-0.15, -0.1) is 11.3 Å². The second kappa shape index (κ2) is 2.89. The van der Waals surface area contributed by atoms with Gasteiger partial charge < -0.3 is 10.8 Å². The summed E-state index contributed by atoms with van der Waals surface area (Å²) in [7, 11) is 0. The van der Waals surface area contributed by atoms with Crippen molar-refractivity contribution in [1.29, 1.82) is 0 Å². The maximum absolute atomic E-state index is 8.91. The molecule has 0 aliphatic rings. The molecule has 1 rings (SSSR count). The number of aliphatic hydroxyl groups is 1. The molecule has 0 fully saturated rings. The van der Waals surface area contributed by atoms with Crippen LogP contribution >= 0.6 is 11.3 Å². The Hall–Kier alpha value is -0.450. The molecule has 1 heterocycles. The second-order valence-electron chi connectivity index (χ2n) is 2.82. The van der Waals surface area contributed by atoms with Crippen LogP contribution in [0.3, 0.4) is 0 Å². The van der Waals surface area contributed by atoms with E-state index in [1.165, 1.54) is 11.3 Å². The minimum absolute atomic E-state index is 0.0470. The van der Waals surface area contributed by atoms with Crippen LogP contribution in [-0.2, 0) is 5.54 Å². The zero-order chi connectivity index (χ0) is 8.48. The lowest BCUT2D eigenvalue weighted by molar-refractivity contribution is 0.212. The molecule has 62 valence electrons. The van der Waals surface area contributed by atoms with Gasteiger partial charge in [-0.1, -0.05) is 0 Å². The maximum Gasteiger partial charge on any atom is 0.0897 e. The number of nitrogens with zero attached hydrogens (tertiary/aromatic N) is 1. The van der Waals surface area contributed by atoms with Crippen molar-refractivity contribution in [3.8, 4) is 0 Å². The van der Waals surface area contributed by atoms with E-state index in [1.54, 1.807) is 13.1 Å². The highest BCUT2D eigenvalue weighted by atomic mass is 32.1. The van der Waals surface area contributed by atoms with Gasteiger partial charge in [-0.2, -0.15) is 0 Å². The number of aromatic nitrogens is 1. The van der Waals surface area contributed by atoms with Gasteiger partial charge in [0.15, 0.2) is 0 Å². The first kappa shape index (κ1) is 8.64. The minimum atomic E-state index is -0.633. The highest BCUT2D eigenvalue weighted by molar-refractivity contribution is 7.11. The van der Waals surface area contributed by atoms with Crippen molar-refractivity contribution >= 4 is 11.3 Å². The van der Waals surface area contributed by atoms with E-state index in [4.69, 9.17) is 10.8 Å². The second-order valence-corrected chi connectivity index (χ2v) is 4.05. The van der Waals surface area contributed by atoms with Gasteiger partial charge in [0.2, 0.25) is 0 Å². The Morgan fingerprint density at radius 2 is 2.45 bits per heavy atom. The normalized spacial score (nSPS) is 16.4. The first-order valence-corrected chi connectivity index (χ1v) is 4.20. The molecule has 0 saturated carbocycles. The van der Waals surface area contributed by atoms with Crippen molar-refractivity contribution in [2.45, 2.75) is 19.4 Å². The van der Waals surface area contributed by atoms with Gasteiger partial charge in [0.05, 0.1) is 17.2 Å². The highest BCUT2D eigenvalue weighted by Gasteiger charge is 2.21. The van der Waals surface area contributed by atoms with E-state index in [0.717, 1.165) is 9.88 Å². The number of rotatable bonds is 2. The van der Waals surface area contributed by atoms with Crippen LogP contribution in [0.5, 0.6) is 0 Å². The standard InChI is InChI=1S/C7H12N2OS/c1-5-9-3-6(11-5)7(2,8)4-10/h3,10H,4,8H2,1-2H3. The predicted molar refractivity (Wildman–Crippen MR) is 45.5 cm³/mol. The monoisotopic (exact) mass is 172 g/mol. The number of hydrogen-bond acceptors (Lipinski definition) is 4. The fraction of sp³-hybridized carbons (Fsp3) is 0.571. The number of aryl methyl sites for hydroxylation is 1. The van der Waals surface area contributed by atoms with E-state index < -0.39 is 5.54 Å². The van der Waals surface area contributed by atoms with E-state index in [1.807, 2.05) is 6.92 Å². The first-order valence-electron chi connectivity index (χ1n) is 3.39. The van der Waals surface area contributed by atoms with E-state index in [0.29, 0.717) is 0 Å². The quantitative estimate of drug-likeness (QED) is 0.687. The fourth-order valence-corrected chi connectivity index (χ4v) is 1.53. The maximum atomic E-state index is 8.91. The molecule has 0 aliphatic heterocycles. The molecule has 0 bridgehead atoms. The lowest BCUT2D eigenvalue weighted by Gasteiger charge is -2.18. The summed E-state index contributed by atoms with van der Waals surface area (Å²) in [4.78, 5) is 4.99. The van der Waals surface area contributed by atoms with Crippen molar-refractivity contribution in [2.24, 2.45) is 5.73 Å². The molecule has 4 heteroatoms. The number of aliphatic hydroxyl groups excluding tert-OH is 1. The van der Waals surface area contributed by atoms with Crippen molar-refractivity contribution in [3.05, 3.63) is 16.1 Å². The topological polar surface area (TPSA) is 59.1 Å². The summed E-state index contributed by atoms with van der Waals surface area (Å²) in [6.45, 7) is 3.66. The third kappa shape index (κ3) is 1.77. The highest BCUT2D eigenvalue weighted by Crippen LogP contribution is 2.22. The zero-order valence-corrected chi connectivity index (χ0v) is 7.48. The summed E-state index contributed by atoms with van der Waals surface area (Å²) in [6, 6.07) is 0. The Kier molecular flexibility index (Phi) is 2.27. The van der Waals surface area contributed by atoms with Crippen LogP contribution < -0.4 is 5.73 Å². The molecule has 0 radical (unpaired) electrons. The molecule has 1 aromatic heterocycles. The summed E-state index contributed by atoms with van der Waals surface area (Å²) in [5.41, 5.74) is 5.14. The van der Waals surface area contributed by atoms with Gasteiger partial charge in [0, 0.05) is 11.1 Å². The molecule has 0 amide bonds. The van der Waals surface area contributed by atoms with Gasteiger partial charge in [-0.25, -0.2) is 4.98 Å². The van der Waals surface area contributed by atoms with Crippen LogP contribution in [0.1, 0.15) is 16.8 Å². The molecule has 3 nitrogen and oxygen atoms in total. The Morgan fingerprint density at radius 3 is 2.82 bits per heavy atom. The van der Waals surface area contributed by atoms with E-state index >= 15 is 0 Å². The lowest BCUT2D eigenvalue weighted by atomic mass is 10.1. The molecule has 1 aromatic rings. The van der Waals surface area contributed by atoms with Crippen LogP contribution in [-0.4, -0.2) is 16.7 Å². The summed E-state index contributed by atoms with van der Waals surface area (Å²) >= 11 is 1.52. The summed E-state index contributed by atoms with van der Waals surface area (Å²) < 4.78 is 0. The molecular formula is C7H12N2OS. The van der Waals surface area contributed by atoms with Gasteiger partial charge in [-0.3, -0.25) is 0 Å². The zero-order valence-electron chi connectivity index (χ0n) is 6.66. The molecule has 1 atom stereocenters. The third-order valence-corrected chi connectivity index (χ3v) is 2.71. The predicted octanol–water partition coefficient (Wildman–Crippen LogP) is 0.618. The third-order valence-electron chi connectivity index (χ3n) is 1.51. The summed E-state index contributed by atoms with van der Waals surface area (Å²) in [5.74, 6) is 0. The van der Waals surface area contributed by atoms with Crippen LogP contribution in [0, 0.1) is 6.92 Å². The average molecular weight is 172 g/mol. The van der Waals surface area contributed by atoms with Crippen LogP contribution in [0.25, 0.3) is 0 Å². The lowest BCUT2D eigenvalue weighted by Crippen LogP contribution is -2.35. The van der Waals surface area contributed by atoms with Crippen molar-refractivity contribution in [3.63, 3.8) is 0 Å². The average Bonchev–Trinajstić information content (AvgIpc) is 2.36. The van der Waals surface area contributed by atoms with E-state index in [9.17, 15) is 0 Å². The molecule has 0 saturated heterocycles. The summed E-state index contributed by atoms with van der Waals surface area (Å²) in [6.07, 6.45) is 1.72. The molecule has 0 spiro atoms. The van der Waals surface area contributed by atoms with Crippen LogP contribution in [0.4, 0.5) is 0 Å². The Morgan fingerprint density at radius 1 is 1.82 bits per heavy atom. The van der Waals surface area contributed by atoms with Gasteiger partial charge in [-0.05, 0) is 13.8 Å². The molecule has 1 unspecified atom stereocenters.